The van der Waals surface area contributed by atoms with Gasteiger partial charge in [-0.15, -0.1) is 11.8 Å². The zero-order valence-electron chi connectivity index (χ0n) is 17.6. The molecule has 7 heteroatoms. The minimum atomic E-state index is -0.134. The smallest absolute Gasteiger partial charge is 0.196 e. The normalized spacial score (nSPS) is 20.0. The van der Waals surface area contributed by atoms with E-state index in [4.69, 9.17) is 0 Å². The van der Waals surface area contributed by atoms with Crippen molar-refractivity contribution in [2.45, 2.75) is 11.9 Å². The van der Waals surface area contributed by atoms with Crippen LogP contribution >= 0.6 is 33.3 Å². The first-order valence-electron chi connectivity index (χ1n) is 10.1. The number of hydrogen-bond donors (Lipinski definition) is 0. The van der Waals surface area contributed by atoms with Crippen molar-refractivity contribution in [2.75, 3.05) is 53.4 Å². The Kier molecular flexibility index (Phi) is 6.60. The molecule has 30 heavy (non-hydrogen) atoms. The molecule has 1 atom stereocenters. The minimum absolute atomic E-state index is 0.134. The van der Waals surface area contributed by atoms with Crippen LogP contribution in [-0.2, 0) is 4.79 Å². The first-order valence-corrected chi connectivity index (χ1v) is 13.4. The van der Waals surface area contributed by atoms with Gasteiger partial charge in [0, 0.05) is 51.3 Å². The summed E-state index contributed by atoms with van der Waals surface area (Å²) in [5.74, 6) is 2.05. The highest BCUT2D eigenvalue weighted by Gasteiger charge is 2.49. The number of likely N-dealkylation sites (N-methyl/N-ethyl adjacent to an activating group) is 1. The molecular formula is C23H27N3OS3. The maximum absolute atomic E-state index is 11.0. The van der Waals surface area contributed by atoms with Crippen LogP contribution in [0.25, 0.3) is 6.08 Å². The van der Waals surface area contributed by atoms with Crippen molar-refractivity contribution in [3.05, 3.63) is 60.2 Å². The fourth-order valence-corrected chi connectivity index (χ4v) is 6.91. The molecule has 4 nitrogen and oxygen atoms in total. The quantitative estimate of drug-likeness (QED) is 0.405. The summed E-state index contributed by atoms with van der Waals surface area (Å²) in [5, 5.41) is 0.160. The van der Waals surface area contributed by atoms with Crippen molar-refractivity contribution < 1.29 is 4.79 Å². The molecule has 4 rings (SSSR count). The lowest BCUT2D eigenvalue weighted by Crippen LogP contribution is -2.47. The summed E-state index contributed by atoms with van der Waals surface area (Å²) in [6.07, 6.45) is 4.59. The fraction of sp³-hybridized carbons (Fsp3) is 0.348. The van der Waals surface area contributed by atoms with Gasteiger partial charge in [0.05, 0.1) is 11.4 Å². The number of rotatable bonds is 7. The molecule has 1 fully saturated rings. The molecule has 0 amide bonds. The summed E-state index contributed by atoms with van der Waals surface area (Å²) < 4.78 is 0. The first-order chi connectivity index (χ1) is 14.5. The summed E-state index contributed by atoms with van der Waals surface area (Å²) in [4.78, 5) is 18.0. The largest absolute Gasteiger partial charge is 0.374 e. The van der Waals surface area contributed by atoms with Gasteiger partial charge in [0.2, 0.25) is 0 Å². The van der Waals surface area contributed by atoms with Crippen molar-refractivity contribution in [3.8, 4) is 0 Å². The lowest BCUT2D eigenvalue weighted by atomic mass is 10.1. The lowest BCUT2D eigenvalue weighted by Gasteiger charge is -2.35. The monoisotopic (exact) mass is 457 g/mol. The highest BCUT2D eigenvalue weighted by Crippen LogP contribution is 2.53. The third-order valence-electron chi connectivity index (χ3n) is 5.54. The van der Waals surface area contributed by atoms with Crippen LogP contribution in [0.4, 0.5) is 17.1 Å². The van der Waals surface area contributed by atoms with Crippen molar-refractivity contribution in [1.82, 2.24) is 0 Å². The molecule has 2 aromatic carbocycles. The van der Waals surface area contributed by atoms with Crippen LogP contribution in [0, 0.1) is 0 Å². The van der Waals surface area contributed by atoms with E-state index >= 15 is 0 Å². The Bertz CT molecular complexity index is 934. The van der Waals surface area contributed by atoms with Crippen LogP contribution in [0.15, 0.2) is 54.6 Å². The van der Waals surface area contributed by atoms with Gasteiger partial charge in [-0.1, -0.05) is 41.1 Å². The number of anilines is 3. The van der Waals surface area contributed by atoms with Gasteiger partial charge in [0.25, 0.3) is 0 Å². The minimum Gasteiger partial charge on any atom is -0.374 e. The Morgan fingerprint density at radius 2 is 1.93 bits per heavy atom. The summed E-state index contributed by atoms with van der Waals surface area (Å²) in [5.41, 5.74) is 5.03. The van der Waals surface area contributed by atoms with E-state index in [0.717, 1.165) is 24.6 Å². The molecule has 2 aliphatic rings. The van der Waals surface area contributed by atoms with Crippen LogP contribution in [0.2, 0.25) is 0 Å². The van der Waals surface area contributed by atoms with Gasteiger partial charge >= 0.3 is 0 Å². The van der Waals surface area contributed by atoms with Crippen molar-refractivity contribution in [2.24, 2.45) is 0 Å². The molecule has 2 heterocycles. The van der Waals surface area contributed by atoms with Gasteiger partial charge in [-0.3, -0.25) is 4.79 Å². The summed E-state index contributed by atoms with van der Waals surface area (Å²) in [6, 6.07) is 17.4. The number of nitrogens with zero attached hydrogens (tertiary/aromatic N) is 3. The average molecular weight is 458 g/mol. The molecule has 1 unspecified atom stereocenters. The number of hydrogen-bond acceptors (Lipinski definition) is 7. The zero-order valence-corrected chi connectivity index (χ0v) is 20.0. The average Bonchev–Trinajstić information content (AvgIpc) is 3.28. The fourth-order valence-electron chi connectivity index (χ4n) is 3.97. The summed E-state index contributed by atoms with van der Waals surface area (Å²) >= 11 is 1.99. The molecule has 0 radical (unpaired) electrons. The van der Waals surface area contributed by atoms with E-state index in [1.54, 1.807) is 17.7 Å². The predicted octanol–water partition coefficient (Wildman–Crippen LogP) is 5.42. The Labute approximate surface area is 191 Å². The second-order valence-corrected chi connectivity index (χ2v) is 11.3. The number of fused-ring (bicyclic) bond motifs is 3. The van der Waals surface area contributed by atoms with E-state index in [9.17, 15) is 4.79 Å². The summed E-state index contributed by atoms with van der Waals surface area (Å²) in [6.45, 7) is 3.59. The third-order valence-corrected chi connectivity index (χ3v) is 9.25. The highest BCUT2D eigenvalue weighted by molar-refractivity contribution is 8.82. The molecule has 0 bridgehead atoms. The van der Waals surface area contributed by atoms with Gasteiger partial charge in [-0.05, 0) is 46.7 Å². The van der Waals surface area contributed by atoms with E-state index in [1.165, 1.54) is 33.4 Å². The van der Waals surface area contributed by atoms with Gasteiger partial charge in [-0.25, -0.2) is 0 Å². The lowest BCUT2D eigenvalue weighted by molar-refractivity contribution is -0.109. The van der Waals surface area contributed by atoms with Gasteiger partial charge in [0.1, 0.15) is 0 Å². The maximum atomic E-state index is 11.0. The number of benzene rings is 2. The Hall–Kier alpha value is -1.70. The Balaban J connectivity index is 1.43. The molecule has 0 aromatic heterocycles. The number of para-hydroxylation sites is 2. The molecule has 158 valence electrons. The third kappa shape index (κ3) is 4.20. The van der Waals surface area contributed by atoms with Gasteiger partial charge in [0.15, 0.2) is 10.1 Å². The molecule has 0 aliphatic carbocycles. The Morgan fingerprint density at radius 3 is 2.67 bits per heavy atom. The molecular weight excluding hydrogens is 430 g/mol. The van der Waals surface area contributed by atoms with Crippen LogP contribution < -0.4 is 14.7 Å². The van der Waals surface area contributed by atoms with E-state index in [2.05, 4.69) is 89.5 Å². The van der Waals surface area contributed by atoms with Crippen LogP contribution in [0.3, 0.4) is 0 Å². The number of carbonyl (C=O) groups is 1. The van der Waals surface area contributed by atoms with E-state index in [-0.39, 0.29) is 10.1 Å². The van der Waals surface area contributed by atoms with Crippen LogP contribution in [0.1, 0.15) is 12.5 Å². The van der Waals surface area contributed by atoms with Crippen molar-refractivity contribution in [1.29, 1.82) is 0 Å². The SMILES string of the molecule is CC(=O)SSCCN(C)c1ccc(/C=C/C23SCCN2c2ccccc2N3C)cc1. The number of thioether (sulfide) groups is 1. The van der Waals surface area contributed by atoms with Crippen LogP contribution in [0.5, 0.6) is 0 Å². The topological polar surface area (TPSA) is 26.8 Å². The van der Waals surface area contributed by atoms with E-state index in [1.807, 2.05) is 11.8 Å². The van der Waals surface area contributed by atoms with Crippen molar-refractivity contribution in [3.63, 3.8) is 0 Å². The Morgan fingerprint density at radius 1 is 1.20 bits per heavy atom. The van der Waals surface area contributed by atoms with E-state index < -0.39 is 0 Å². The molecule has 1 saturated heterocycles. The standard InChI is InChI=1S/C23H27N3OS3/c1-18(27)30-29-17-14-24(2)20-10-8-19(9-11-20)12-13-23-25(3)21-6-4-5-7-22(21)26(23)15-16-28-23/h4-13H,14-17H2,1-3H3/b13-12+. The predicted molar refractivity (Wildman–Crippen MR) is 137 cm³/mol. The molecule has 2 aliphatic heterocycles. The molecule has 0 saturated carbocycles. The van der Waals surface area contributed by atoms with Gasteiger partial charge < -0.3 is 14.7 Å². The highest BCUT2D eigenvalue weighted by atomic mass is 33.1. The second kappa shape index (κ2) is 9.20. The first kappa shape index (κ1) is 21.5. The van der Waals surface area contributed by atoms with Crippen molar-refractivity contribution >= 4 is 61.6 Å². The number of carbonyl (C=O) groups excluding carboxylic acids is 1. The molecule has 0 spiro atoms. The van der Waals surface area contributed by atoms with Gasteiger partial charge in [-0.2, -0.15) is 0 Å². The van der Waals surface area contributed by atoms with Crippen LogP contribution in [-0.4, -0.2) is 48.8 Å². The molecule has 0 N–H and O–H groups in total. The molecule has 2 aromatic rings. The summed E-state index contributed by atoms with van der Waals surface area (Å²) in [7, 11) is 7.23. The zero-order chi connectivity index (χ0) is 21.1. The van der Waals surface area contributed by atoms with E-state index in [0.29, 0.717) is 0 Å². The maximum Gasteiger partial charge on any atom is 0.196 e. The second-order valence-electron chi connectivity index (χ2n) is 7.45.